The SMILES string of the molecule is CC(CCCCOC(=S)Nc1ccccc1Cl)=C(F)F. The highest BCUT2D eigenvalue weighted by molar-refractivity contribution is 7.80. The lowest BCUT2D eigenvalue weighted by atomic mass is 10.1. The predicted molar refractivity (Wildman–Crippen MR) is 82.4 cm³/mol. The van der Waals surface area contributed by atoms with Gasteiger partial charge in [0.2, 0.25) is 0 Å². The number of thiocarbonyl (C=S) groups is 1. The second-order valence-corrected chi connectivity index (χ2v) is 5.02. The van der Waals surface area contributed by atoms with Crippen LogP contribution in [0, 0.1) is 0 Å². The van der Waals surface area contributed by atoms with Gasteiger partial charge in [-0.05, 0) is 56.1 Å². The molecule has 0 amide bonds. The zero-order chi connectivity index (χ0) is 15.0. The topological polar surface area (TPSA) is 21.3 Å². The first-order valence-electron chi connectivity index (χ1n) is 6.19. The highest BCUT2D eigenvalue weighted by Crippen LogP contribution is 2.20. The highest BCUT2D eigenvalue weighted by Gasteiger charge is 2.03. The lowest BCUT2D eigenvalue weighted by molar-refractivity contribution is 0.300. The monoisotopic (exact) mass is 319 g/mol. The fraction of sp³-hybridized carbons (Fsp3) is 0.357. The molecule has 0 aliphatic heterocycles. The van der Waals surface area contributed by atoms with E-state index in [0.29, 0.717) is 36.6 Å². The Balaban J connectivity index is 2.21. The molecule has 6 heteroatoms. The molecule has 0 radical (unpaired) electrons. The number of allylic oxidation sites excluding steroid dienone is 1. The third-order valence-corrected chi connectivity index (χ3v) is 3.16. The maximum atomic E-state index is 12.2. The fourth-order valence-corrected chi connectivity index (χ4v) is 1.84. The summed E-state index contributed by atoms with van der Waals surface area (Å²) >= 11 is 11.0. The Labute approximate surface area is 127 Å². The molecule has 0 atom stereocenters. The van der Waals surface area contributed by atoms with Gasteiger partial charge in [0.05, 0.1) is 17.3 Å². The van der Waals surface area contributed by atoms with E-state index in [9.17, 15) is 8.78 Å². The summed E-state index contributed by atoms with van der Waals surface area (Å²) in [6.45, 7) is 1.82. The minimum absolute atomic E-state index is 0.127. The van der Waals surface area contributed by atoms with E-state index in [4.69, 9.17) is 28.6 Å². The Morgan fingerprint density at radius 3 is 2.65 bits per heavy atom. The standard InChI is InChI=1S/C14H16ClF2NOS/c1-10(13(16)17)6-4-5-9-19-14(20)18-12-8-3-2-7-11(12)15/h2-3,7-8H,4-6,9H2,1H3,(H,18,20). The molecule has 0 bridgehead atoms. The van der Waals surface area contributed by atoms with Gasteiger partial charge in [0.1, 0.15) is 0 Å². The minimum Gasteiger partial charge on any atom is -0.471 e. The molecule has 1 rings (SSSR count). The summed E-state index contributed by atoms with van der Waals surface area (Å²) in [6.07, 6.45) is 0.0743. The number of unbranched alkanes of at least 4 members (excludes halogenated alkanes) is 1. The molecule has 0 spiro atoms. The van der Waals surface area contributed by atoms with Crippen LogP contribution in [-0.2, 0) is 4.74 Å². The lowest BCUT2D eigenvalue weighted by Gasteiger charge is -2.10. The van der Waals surface area contributed by atoms with Crippen molar-refractivity contribution >= 4 is 34.7 Å². The minimum atomic E-state index is -1.60. The van der Waals surface area contributed by atoms with Crippen molar-refractivity contribution in [2.75, 3.05) is 11.9 Å². The number of hydrogen-bond acceptors (Lipinski definition) is 2. The van der Waals surface area contributed by atoms with Crippen molar-refractivity contribution in [1.29, 1.82) is 0 Å². The summed E-state index contributed by atoms with van der Waals surface area (Å²) in [5.41, 5.74) is 0.805. The first-order valence-corrected chi connectivity index (χ1v) is 6.98. The van der Waals surface area contributed by atoms with Crippen LogP contribution in [0.1, 0.15) is 26.2 Å². The molecule has 1 N–H and O–H groups in total. The zero-order valence-corrected chi connectivity index (χ0v) is 12.7. The van der Waals surface area contributed by atoms with Gasteiger partial charge in [0, 0.05) is 0 Å². The van der Waals surface area contributed by atoms with Crippen molar-refractivity contribution in [3.8, 4) is 0 Å². The predicted octanol–water partition coefficient (Wildman–Crippen LogP) is 5.39. The Morgan fingerprint density at radius 1 is 1.30 bits per heavy atom. The molecule has 0 unspecified atom stereocenters. The van der Waals surface area contributed by atoms with Gasteiger partial charge in [-0.1, -0.05) is 23.7 Å². The molecule has 0 saturated carbocycles. The summed E-state index contributed by atoms with van der Waals surface area (Å²) in [5, 5.41) is 3.65. The van der Waals surface area contributed by atoms with Crippen molar-refractivity contribution < 1.29 is 13.5 Å². The molecule has 0 saturated heterocycles. The van der Waals surface area contributed by atoms with Gasteiger partial charge in [-0.3, -0.25) is 0 Å². The third kappa shape index (κ3) is 6.30. The van der Waals surface area contributed by atoms with Gasteiger partial charge in [-0.25, -0.2) is 0 Å². The molecule has 0 heterocycles. The quantitative estimate of drug-likeness (QED) is 0.560. The molecule has 2 nitrogen and oxygen atoms in total. The number of hydrogen-bond donors (Lipinski definition) is 1. The molecule has 0 aliphatic rings. The first-order chi connectivity index (χ1) is 9.50. The normalized spacial score (nSPS) is 10.0. The number of para-hydroxylation sites is 1. The summed E-state index contributed by atoms with van der Waals surface area (Å²) in [6, 6.07) is 7.18. The van der Waals surface area contributed by atoms with Crippen molar-refractivity contribution in [3.05, 3.63) is 40.9 Å². The van der Waals surface area contributed by atoms with E-state index in [1.165, 1.54) is 6.92 Å². The maximum absolute atomic E-state index is 12.2. The van der Waals surface area contributed by atoms with Crippen LogP contribution in [0.15, 0.2) is 35.9 Å². The van der Waals surface area contributed by atoms with Gasteiger partial charge in [0.25, 0.3) is 11.3 Å². The van der Waals surface area contributed by atoms with E-state index in [2.05, 4.69) is 5.32 Å². The van der Waals surface area contributed by atoms with Gasteiger partial charge >= 0.3 is 0 Å². The number of anilines is 1. The van der Waals surface area contributed by atoms with E-state index in [0.717, 1.165) is 0 Å². The highest BCUT2D eigenvalue weighted by atomic mass is 35.5. The molecule has 110 valence electrons. The molecule has 1 aromatic carbocycles. The zero-order valence-electron chi connectivity index (χ0n) is 11.1. The Bertz CT molecular complexity index is 490. The molecule has 0 aliphatic carbocycles. The maximum Gasteiger partial charge on any atom is 0.269 e. The van der Waals surface area contributed by atoms with Gasteiger partial charge < -0.3 is 10.1 Å². The van der Waals surface area contributed by atoms with Crippen LogP contribution in [0.5, 0.6) is 0 Å². The molecular formula is C14H16ClF2NOS. The summed E-state index contributed by atoms with van der Waals surface area (Å²) < 4.78 is 29.6. The van der Waals surface area contributed by atoms with E-state index in [1.807, 2.05) is 12.1 Å². The van der Waals surface area contributed by atoms with Crippen LogP contribution in [0.2, 0.25) is 5.02 Å². The second-order valence-electron chi connectivity index (χ2n) is 4.24. The van der Waals surface area contributed by atoms with Crippen LogP contribution < -0.4 is 5.32 Å². The smallest absolute Gasteiger partial charge is 0.269 e. The number of ether oxygens (including phenoxy) is 1. The van der Waals surface area contributed by atoms with E-state index < -0.39 is 6.08 Å². The molecular weight excluding hydrogens is 304 g/mol. The van der Waals surface area contributed by atoms with E-state index in [-0.39, 0.29) is 10.7 Å². The average Bonchev–Trinajstić information content (AvgIpc) is 2.40. The first kappa shape index (κ1) is 16.9. The van der Waals surface area contributed by atoms with Crippen molar-refractivity contribution in [2.24, 2.45) is 0 Å². The fourth-order valence-electron chi connectivity index (χ4n) is 1.46. The molecule has 20 heavy (non-hydrogen) atoms. The number of nitrogens with one attached hydrogen (secondary N) is 1. The summed E-state index contributed by atoms with van der Waals surface area (Å²) in [7, 11) is 0. The van der Waals surface area contributed by atoms with Crippen molar-refractivity contribution in [3.63, 3.8) is 0 Å². The van der Waals surface area contributed by atoms with Crippen LogP contribution in [0.4, 0.5) is 14.5 Å². The summed E-state index contributed by atoms with van der Waals surface area (Å²) in [5.74, 6) is 0. The largest absolute Gasteiger partial charge is 0.471 e. The number of halogens is 3. The number of rotatable bonds is 6. The van der Waals surface area contributed by atoms with Crippen LogP contribution in [-0.4, -0.2) is 11.8 Å². The lowest BCUT2D eigenvalue weighted by Crippen LogP contribution is -2.14. The van der Waals surface area contributed by atoms with Gasteiger partial charge in [-0.2, -0.15) is 8.78 Å². The molecule has 0 aromatic heterocycles. The third-order valence-electron chi connectivity index (χ3n) is 2.61. The van der Waals surface area contributed by atoms with E-state index in [1.54, 1.807) is 12.1 Å². The second kappa shape index (κ2) is 8.87. The Morgan fingerprint density at radius 2 is 2.00 bits per heavy atom. The Kier molecular flexibility index (Phi) is 7.47. The van der Waals surface area contributed by atoms with Crippen LogP contribution in [0.25, 0.3) is 0 Å². The molecule has 0 fully saturated rings. The Hall–Kier alpha value is -1.20. The van der Waals surface area contributed by atoms with Crippen LogP contribution >= 0.6 is 23.8 Å². The molecule has 1 aromatic rings. The van der Waals surface area contributed by atoms with Crippen molar-refractivity contribution in [2.45, 2.75) is 26.2 Å². The van der Waals surface area contributed by atoms with Gasteiger partial charge in [0.15, 0.2) is 0 Å². The number of benzene rings is 1. The van der Waals surface area contributed by atoms with Gasteiger partial charge in [-0.15, -0.1) is 0 Å². The average molecular weight is 320 g/mol. The summed E-state index contributed by atoms with van der Waals surface area (Å²) in [4.78, 5) is 0. The van der Waals surface area contributed by atoms with Crippen molar-refractivity contribution in [1.82, 2.24) is 0 Å². The van der Waals surface area contributed by atoms with Crippen LogP contribution in [0.3, 0.4) is 0 Å². The van der Waals surface area contributed by atoms with E-state index >= 15 is 0 Å².